The zero-order valence-corrected chi connectivity index (χ0v) is 11.8. The summed E-state index contributed by atoms with van der Waals surface area (Å²) in [7, 11) is 1.53. The van der Waals surface area contributed by atoms with Gasteiger partial charge in [-0.2, -0.15) is 0 Å². The molecule has 0 aromatic heterocycles. The van der Waals surface area contributed by atoms with E-state index >= 15 is 0 Å². The fraction of sp³-hybridized carbons (Fsp3) is 0.385. The molecule has 6 nitrogen and oxygen atoms in total. The summed E-state index contributed by atoms with van der Waals surface area (Å²) in [6, 6.07) is 4.64. The Bertz CT molecular complexity index is 542. The number of halogens is 1. The maximum Gasteiger partial charge on any atom is 0.251 e. The lowest BCUT2D eigenvalue weighted by Crippen LogP contribution is -2.51. The number of carbonyl (C=O) groups excluding carboxylic acids is 2. The number of nitrogens with two attached hydrogens (primary N) is 1. The molecule has 4 N–H and O–H groups in total. The second kappa shape index (κ2) is 5.78. The van der Waals surface area contributed by atoms with Crippen molar-refractivity contribution in [1.29, 1.82) is 0 Å². The minimum atomic E-state index is -1.05. The Hall–Kier alpha value is -1.63. The first-order chi connectivity index (χ1) is 9.46. The van der Waals surface area contributed by atoms with Crippen LogP contribution in [0.3, 0.4) is 0 Å². The molecule has 0 bridgehead atoms. The highest BCUT2D eigenvalue weighted by atomic mass is 35.5. The van der Waals surface area contributed by atoms with Crippen molar-refractivity contribution in [3.63, 3.8) is 0 Å². The van der Waals surface area contributed by atoms with Crippen LogP contribution in [0.1, 0.15) is 16.8 Å². The number of hydrogen-bond donors (Lipinski definition) is 3. The highest BCUT2D eigenvalue weighted by Gasteiger charge is 2.38. The fourth-order valence-electron chi connectivity index (χ4n) is 1.91. The molecule has 1 heterocycles. The van der Waals surface area contributed by atoms with E-state index < -0.39 is 5.54 Å². The highest BCUT2D eigenvalue weighted by molar-refractivity contribution is 6.34. The van der Waals surface area contributed by atoms with Crippen LogP contribution in [0.5, 0.6) is 0 Å². The number of anilines is 1. The smallest absolute Gasteiger partial charge is 0.251 e. The van der Waals surface area contributed by atoms with Gasteiger partial charge in [0.05, 0.1) is 17.3 Å². The van der Waals surface area contributed by atoms with E-state index in [4.69, 9.17) is 22.1 Å². The maximum atomic E-state index is 12.2. The molecule has 1 atom stereocenters. The van der Waals surface area contributed by atoms with Gasteiger partial charge in [0, 0.05) is 19.2 Å². The number of hydrogen-bond acceptors (Lipinski definition) is 4. The molecule has 1 aliphatic heterocycles. The van der Waals surface area contributed by atoms with Crippen LogP contribution < -0.4 is 16.4 Å². The summed E-state index contributed by atoms with van der Waals surface area (Å²) in [5.74, 6) is -0.630. The zero-order chi connectivity index (χ0) is 14.8. The molecule has 1 aromatic carbocycles. The molecule has 2 amide bonds. The van der Waals surface area contributed by atoms with Crippen molar-refractivity contribution in [2.45, 2.75) is 12.0 Å². The molecule has 1 fully saturated rings. The van der Waals surface area contributed by atoms with Gasteiger partial charge >= 0.3 is 0 Å². The third-order valence-electron chi connectivity index (χ3n) is 3.21. The van der Waals surface area contributed by atoms with E-state index in [9.17, 15) is 9.59 Å². The predicted octanol–water partition coefficient (Wildman–Crippen LogP) is 0.756. The maximum absolute atomic E-state index is 12.2. The van der Waals surface area contributed by atoms with Crippen LogP contribution in [0.25, 0.3) is 0 Å². The molecule has 1 unspecified atom stereocenters. The number of nitrogens with one attached hydrogen (secondary N) is 2. The van der Waals surface area contributed by atoms with Gasteiger partial charge in [-0.05, 0) is 24.6 Å². The van der Waals surface area contributed by atoms with Crippen LogP contribution in [0.15, 0.2) is 18.2 Å². The second-order valence-corrected chi connectivity index (χ2v) is 5.09. The van der Waals surface area contributed by atoms with Gasteiger partial charge in [0.15, 0.2) is 0 Å². The number of ether oxygens (including phenoxy) is 1. The first-order valence-corrected chi connectivity index (χ1v) is 6.54. The fourth-order valence-corrected chi connectivity index (χ4v) is 2.08. The minimum Gasteiger partial charge on any atom is -0.379 e. The lowest BCUT2D eigenvalue weighted by atomic mass is 9.99. The summed E-state index contributed by atoms with van der Waals surface area (Å²) in [4.78, 5) is 23.7. The van der Waals surface area contributed by atoms with E-state index in [1.165, 1.54) is 13.1 Å². The standard InChI is InChI=1S/C13H16ClN3O3/c1-16-11(18)8-2-3-9(14)10(6-8)17-12(19)13(15)4-5-20-7-13/h2-3,6H,4-5,7,15H2,1H3,(H,16,18)(H,17,19). The molecule has 2 rings (SSSR count). The zero-order valence-electron chi connectivity index (χ0n) is 11.0. The molecule has 0 saturated carbocycles. The van der Waals surface area contributed by atoms with Crippen molar-refractivity contribution >= 4 is 29.1 Å². The Morgan fingerprint density at radius 2 is 2.20 bits per heavy atom. The van der Waals surface area contributed by atoms with Crippen LogP contribution in [-0.4, -0.2) is 37.6 Å². The van der Waals surface area contributed by atoms with Gasteiger partial charge in [-0.15, -0.1) is 0 Å². The summed E-state index contributed by atoms with van der Waals surface area (Å²) in [6.07, 6.45) is 0.450. The molecule has 108 valence electrons. The molecule has 1 aliphatic rings. The normalized spacial score (nSPS) is 21.6. The van der Waals surface area contributed by atoms with Crippen molar-refractivity contribution in [3.8, 4) is 0 Å². The molecule has 0 radical (unpaired) electrons. The number of benzene rings is 1. The van der Waals surface area contributed by atoms with Gasteiger partial charge in [0.2, 0.25) is 5.91 Å². The Morgan fingerprint density at radius 1 is 1.45 bits per heavy atom. The quantitative estimate of drug-likeness (QED) is 0.768. The van der Waals surface area contributed by atoms with Crippen LogP contribution in [0.4, 0.5) is 5.69 Å². The Morgan fingerprint density at radius 3 is 2.80 bits per heavy atom. The van der Waals surface area contributed by atoms with E-state index in [0.717, 1.165) is 0 Å². The molecule has 7 heteroatoms. The van der Waals surface area contributed by atoms with Crippen molar-refractivity contribution in [1.82, 2.24) is 5.32 Å². The minimum absolute atomic E-state index is 0.172. The summed E-state index contributed by atoms with van der Waals surface area (Å²) in [5.41, 5.74) is 5.68. The molecular formula is C13H16ClN3O3. The van der Waals surface area contributed by atoms with Crippen LogP contribution in [0, 0.1) is 0 Å². The monoisotopic (exact) mass is 297 g/mol. The summed E-state index contributed by atoms with van der Waals surface area (Å²) in [6.45, 7) is 0.627. The lowest BCUT2D eigenvalue weighted by molar-refractivity contribution is -0.121. The Kier molecular flexibility index (Phi) is 4.27. The Balaban J connectivity index is 2.20. The van der Waals surface area contributed by atoms with Gasteiger partial charge in [-0.25, -0.2) is 0 Å². The lowest BCUT2D eigenvalue weighted by Gasteiger charge is -2.21. The molecule has 1 saturated heterocycles. The molecule has 20 heavy (non-hydrogen) atoms. The van der Waals surface area contributed by atoms with Gasteiger partial charge in [0.1, 0.15) is 5.54 Å². The number of amides is 2. The third kappa shape index (κ3) is 2.92. The SMILES string of the molecule is CNC(=O)c1ccc(Cl)c(NC(=O)C2(N)CCOC2)c1. The average Bonchev–Trinajstić information content (AvgIpc) is 2.88. The number of carbonyl (C=O) groups is 2. The summed E-state index contributed by atoms with van der Waals surface area (Å²) >= 11 is 6.02. The van der Waals surface area contributed by atoms with Gasteiger partial charge in [-0.3, -0.25) is 9.59 Å². The topological polar surface area (TPSA) is 93.5 Å². The predicted molar refractivity (Wildman–Crippen MR) is 75.8 cm³/mol. The first kappa shape index (κ1) is 14.8. The molecular weight excluding hydrogens is 282 g/mol. The van der Waals surface area contributed by atoms with E-state index in [0.29, 0.717) is 29.3 Å². The van der Waals surface area contributed by atoms with Crippen molar-refractivity contribution < 1.29 is 14.3 Å². The van der Waals surface area contributed by atoms with Gasteiger partial charge in [-0.1, -0.05) is 11.6 Å². The molecule has 1 aromatic rings. The van der Waals surface area contributed by atoms with Crippen LogP contribution in [-0.2, 0) is 9.53 Å². The van der Waals surface area contributed by atoms with Gasteiger partial charge in [0.25, 0.3) is 5.91 Å². The van der Waals surface area contributed by atoms with Crippen molar-refractivity contribution in [3.05, 3.63) is 28.8 Å². The van der Waals surface area contributed by atoms with E-state index in [1.807, 2.05) is 0 Å². The number of rotatable bonds is 3. The Labute approximate surface area is 121 Å². The van der Waals surface area contributed by atoms with Crippen LogP contribution >= 0.6 is 11.6 Å². The second-order valence-electron chi connectivity index (χ2n) is 4.69. The third-order valence-corrected chi connectivity index (χ3v) is 3.54. The largest absolute Gasteiger partial charge is 0.379 e. The van der Waals surface area contributed by atoms with E-state index in [1.54, 1.807) is 12.1 Å². The molecule has 0 aliphatic carbocycles. The first-order valence-electron chi connectivity index (χ1n) is 6.16. The van der Waals surface area contributed by atoms with Gasteiger partial charge < -0.3 is 21.1 Å². The average molecular weight is 298 g/mol. The van der Waals surface area contributed by atoms with Crippen molar-refractivity contribution in [2.24, 2.45) is 5.73 Å². The summed E-state index contributed by atoms with van der Waals surface area (Å²) in [5, 5.41) is 5.50. The highest BCUT2D eigenvalue weighted by Crippen LogP contribution is 2.25. The van der Waals surface area contributed by atoms with Crippen LogP contribution in [0.2, 0.25) is 5.02 Å². The van der Waals surface area contributed by atoms with E-state index in [-0.39, 0.29) is 18.4 Å². The molecule has 0 spiro atoms. The van der Waals surface area contributed by atoms with E-state index in [2.05, 4.69) is 10.6 Å². The summed E-state index contributed by atoms with van der Waals surface area (Å²) < 4.78 is 5.15. The van der Waals surface area contributed by atoms with Crippen molar-refractivity contribution in [2.75, 3.05) is 25.6 Å².